The van der Waals surface area contributed by atoms with Crippen molar-refractivity contribution in [2.75, 3.05) is 24.6 Å². The van der Waals surface area contributed by atoms with Crippen LogP contribution in [0.3, 0.4) is 0 Å². The summed E-state index contributed by atoms with van der Waals surface area (Å²) in [5.41, 5.74) is 10.7. The summed E-state index contributed by atoms with van der Waals surface area (Å²) in [7, 11) is 4.90. The van der Waals surface area contributed by atoms with Gasteiger partial charge in [-0.05, 0) is 12.8 Å². The molecule has 2 aromatic heterocycles. The number of carboxylic acid groups (broad SMARTS) is 4. The molecule has 0 fully saturated rings. The molecule has 2 heterocycles. The van der Waals surface area contributed by atoms with Crippen molar-refractivity contribution in [3.8, 4) is 0 Å². The number of aromatic nitrogens is 4. The lowest BCUT2D eigenvalue weighted by Crippen LogP contribution is -2.50. The number of aliphatic carboxylic acids is 4. The molecule has 0 aromatic carbocycles. The average molecular weight is 793 g/mol. The van der Waals surface area contributed by atoms with Gasteiger partial charge in [-0.1, -0.05) is 21.6 Å². The fourth-order valence-corrected chi connectivity index (χ4v) is 6.12. The van der Waals surface area contributed by atoms with Crippen LogP contribution in [0.15, 0.2) is 15.9 Å². The van der Waals surface area contributed by atoms with Gasteiger partial charge in [-0.25, -0.2) is 9.78 Å². The maximum absolute atomic E-state index is 12.4. The molecular weight excluding hydrogens is 752 g/mol. The Bertz CT molecular complexity index is 1700. The molecule has 24 nitrogen and oxygen atoms in total. The number of nitrogens with zero attached hydrogens (tertiary/aromatic N) is 3. The molecule has 13 N–H and O–H groups in total. The summed E-state index contributed by atoms with van der Waals surface area (Å²) in [6, 6.07) is -5.16. The van der Waals surface area contributed by atoms with Crippen LogP contribution in [0, 0.1) is 0 Å². The van der Waals surface area contributed by atoms with E-state index in [2.05, 4.69) is 31.2 Å². The van der Waals surface area contributed by atoms with Crippen LogP contribution in [-0.4, -0.2) is 136 Å². The highest BCUT2D eigenvalue weighted by molar-refractivity contribution is 8.76. The summed E-state index contributed by atoms with van der Waals surface area (Å²) in [5, 5.41) is 44.1. The number of carbonyl (C=O) groups excluding carboxylic acids is 4. The molecule has 0 radical (unpaired) electrons. The molecule has 4 amide bonds. The number of imidazole rings is 1. The Morgan fingerprint density at radius 3 is 1.55 bits per heavy atom. The monoisotopic (exact) mass is 792 g/mol. The second-order valence-electron chi connectivity index (χ2n) is 10.8. The van der Waals surface area contributed by atoms with Gasteiger partial charge in [-0.15, -0.1) is 0 Å². The third kappa shape index (κ3) is 16.2. The maximum Gasteiger partial charge on any atom is 0.332 e. The number of fused-ring (bicyclic) bond motifs is 1. The number of hydrogen-bond acceptors (Lipinski definition) is 15. The number of nitrogens with two attached hydrogens (primary N) is 2. The lowest BCUT2D eigenvalue weighted by molar-refractivity contribution is -0.140. The van der Waals surface area contributed by atoms with Gasteiger partial charge in [0, 0.05) is 38.4 Å². The summed E-state index contributed by atoms with van der Waals surface area (Å²) < 4.78 is 2.37. The predicted molar refractivity (Wildman–Crippen MR) is 186 cm³/mol. The highest BCUT2D eigenvalue weighted by Crippen LogP contribution is 2.23. The van der Waals surface area contributed by atoms with E-state index in [1.807, 2.05) is 0 Å². The molecular formula is C27H40N10O14S2. The number of carbonyl (C=O) groups is 8. The van der Waals surface area contributed by atoms with Crippen LogP contribution in [-0.2, 0) is 52.5 Å². The van der Waals surface area contributed by atoms with Crippen LogP contribution in [0.1, 0.15) is 25.7 Å². The number of rotatable bonds is 21. The lowest BCUT2D eigenvalue weighted by atomic mass is 10.1. The standard InChI is InChI=1S/C20H32N6O12S2.C7H8N4O2/c21-9(19(35)36)1-3-13(27)25-11(17(33)23-5-15(29)30)7-39-40-8-12(18(34)24-6-16(31)32)26-14(28)4-2-10(22)20(37)38;1-10-5-4(8-3-9-5)6(12)11(2)7(10)13/h9-12H,1-8,21-22H2,(H,23,33)(H,24,34)(H,25,27)(H,26,28)(H,29,30)(H,31,32)(H,35,36)(H,37,38);3H,1-2H3,(H,8,9)/t9-,10-,11-,12-;/m0./s1. The minimum atomic E-state index is -1.34. The molecule has 4 atom stereocenters. The quantitative estimate of drug-likeness (QED) is 0.0417. The minimum absolute atomic E-state index is 0.155. The summed E-state index contributed by atoms with van der Waals surface area (Å²) in [6.07, 6.45) is 0.272. The third-order valence-electron chi connectivity index (χ3n) is 6.71. The van der Waals surface area contributed by atoms with Crippen molar-refractivity contribution in [3.05, 3.63) is 27.2 Å². The Morgan fingerprint density at radius 1 is 0.755 bits per heavy atom. The van der Waals surface area contributed by atoms with E-state index < -0.39 is 84.8 Å². The Labute approximate surface area is 306 Å². The molecule has 0 spiro atoms. The summed E-state index contributed by atoms with van der Waals surface area (Å²) in [5.74, 6) is -8.81. The number of carboxylic acids is 4. The maximum atomic E-state index is 12.4. The van der Waals surface area contributed by atoms with Gasteiger partial charge in [0.1, 0.15) is 42.8 Å². The summed E-state index contributed by atoms with van der Waals surface area (Å²) >= 11 is 0. The SMILES string of the molecule is Cn1c(=O)c2[nH]cnc2n(C)c1=O.N[C@@H](CCC(=O)N[C@@H](CSSC[C@H](NC(=O)CC[C@H](N)C(=O)O)C(=O)NCC(=O)O)C(=O)NCC(=O)O)C(=O)O. The van der Waals surface area contributed by atoms with Crippen LogP contribution in [0.25, 0.3) is 11.2 Å². The van der Waals surface area contributed by atoms with E-state index in [1.54, 1.807) is 7.05 Å². The van der Waals surface area contributed by atoms with E-state index in [4.69, 9.17) is 31.9 Å². The first-order chi connectivity index (χ1) is 24.8. The highest BCUT2D eigenvalue weighted by Gasteiger charge is 2.25. The molecule has 0 unspecified atom stereocenters. The molecule has 294 valence electrons. The second kappa shape index (κ2) is 22.5. The molecule has 26 heteroatoms. The number of aryl methyl sites for hydroxylation is 1. The summed E-state index contributed by atoms with van der Waals surface area (Å²) in [4.78, 5) is 122. The van der Waals surface area contributed by atoms with Crippen molar-refractivity contribution in [2.24, 2.45) is 25.6 Å². The van der Waals surface area contributed by atoms with Gasteiger partial charge in [-0.3, -0.25) is 52.3 Å². The van der Waals surface area contributed by atoms with E-state index >= 15 is 0 Å². The molecule has 0 aliphatic rings. The fraction of sp³-hybridized carbons (Fsp3) is 0.519. The average Bonchev–Trinajstić information content (AvgIpc) is 3.60. The second-order valence-corrected chi connectivity index (χ2v) is 13.4. The lowest BCUT2D eigenvalue weighted by Gasteiger charge is -2.20. The molecule has 0 aliphatic heterocycles. The molecule has 0 bridgehead atoms. The van der Waals surface area contributed by atoms with Crippen molar-refractivity contribution in [1.82, 2.24) is 40.4 Å². The highest BCUT2D eigenvalue weighted by atomic mass is 33.1. The van der Waals surface area contributed by atoms with Crippen molar-refractivity contribution in [3.63, 3.8) is 0 Å². The molecule has 53 heavy (non-hydrogen) atoms. The van der Waals surface area contributed by atoms with E-state index in [0.29, 0.717) is 11.2 Å². The first-order valence-corrected chi connectivity index (χ1v) is 17.6. The smallest absolute Gasteiger partial charge is 0.332 e. The first-order valence-electron chi connectivity index (χ1n) is 15.1. The van der Waals surface area contributed by atoms with E-state index in [1.165, 1.54) is 17.9 Å². The van der Waals surface area contributed by atoms with E-state index in [-0.39, 0.29) is 48.4 Å². The topological polar surface area (TPSA) is 390 Å². The number of hydrogen-bond donors (Lipinski definition) is 11. The van der Waals surface area contributed by atoms with Gasteiger partial charge in [-0.2, -0.15) is 0 Å². The Kier molecular flexibility index (Phi) is 19.3. The van der Waals surface area contributed by atoms with E-state index in [0.717, 1.165) is 26.2 Å². The van der Waals surface area contributed by atoms with Crippen LogP contribution in [0.5, 0.6) is 0 Å². The van der Waals surface area contributed by atoms with E-state index in [9.17, 15) is 47.9 Å². The van der Waals surface area contributed by atoms with Gasteiger partial charge in [0.15, 0.2) is 5.65 Å². The van der Waals surface area contributed by atoms with Crippen LogP contribution in [0.4, 0.5) is 0 Å². The number of aromatic amines is 1. The third-order valence-corrected chi connectivity index (χ3v) is 9.13. The van der Waals surface area contributed by atoms with Crippen molar-refractivity contribution in [2.45, 2.75) is 49.9 Å². The molecule has 0 aliphatic carbocycles. The minimum Gasteiger partial charge on any atom is -0.480 e. The Morgan fingerprint density at radius 2 is 1.17 bits per heavy atom. The first kappa shape index (κ1) is 45.6. The van der Waals surface area contributed by atoms with Gasteiger partial charge in [0.25, 0.3) is 5.56 Å². The Hall–Kier alpha value is -5.47. The fourth-order valence-electron chi connectivity index (χ4n) is 3.79. The zero-order valence-corrected chi connectivity index (χ0v) is 29.9. The summed E-state index contributed by atoms with van der Waals surface area (Å²) in [6.45, 7) is -1.48. The predicted octanol–water partition coefficient (Wildman–Crippen LogP) is -4.92. The van der Waals surface area contributed by atoms with Crippen molar-refractivity contribution in [1.29, 1.82) is 0 Å². The van der Waals surface area contributed by atoms with Crippen molar-refractivity contribution < 1.29 is 58.8 Å². The molecule has 2 rings (SSSR count). The number of nitrogens with one attached hydrogen (secondary N) is 5. The number of amides is 4. The zero-order valence-electron chi connectivity index (χ0n) is 28.2. The zero-order chi connectivity index (χ0) is 40.4. The van der Waals surface area contributed by atoms with Crippen LogP contribution in [0.2, 0.25) is 0 Å². The Balaban J connectivity index is 0.000000888. The van der Waals surface area contributed by atoms with Gasteiger partial charge < -0.3 is 58.1 Å². The largest absolute Gasteiger partial charge is 0.480 e. The van der Waals surface area contributed by atoms with Gasteiger partial charge in [0.05, 0.1) is 6.33 Å². The number of H-pyrrole nitrogens is 1. The molecule has 0 saturated heterocycles. The molecule has 2 aromatic rings. The molecule has 0 saturated carbocycles. The van der Waals surface area contributed by atoms with Crippen LogP contribution >= 0.6 is 21.6 Å². The van der Waals surface area contributed by atoms with Crippen LogP contribution < -0.4 is 44.0 Å². The van der Waals surface area contributed by atoms with Crippen molar-refractivity contribution >= 4 is 80.3 Å². The normalized spacial score (nSPS) is 12.9. The van der Waals surface area contributed by atoms with Gasteiger partial charge >= 0.3 is 29.6 Å². The van der Waals surface area contributed by atoms with Gasteiger partial charge in [0.2, 0.25) is 23.6 Å².